The maximum atomic E-state index is 15.1. The first kappa shape index (κ1) is 26.3. The minimum absolute atomic E-state index is 0.0327. The van der Waals surface area contributed by atoms with Crippen LogP contribution in [0, 0.1) is 11.7 Å². The Hall–Kier alpha value is -3.77. The third kappa shape index (κ3) is 6.52. The third-order valence-electron chi connectivity index (χ3n) is 6.15. The second kappa shape index (κ2) is 11.1. The second-order valence-electron chi connectivity index (χ2n) is 10.6. The maximum Gasteiger partial charge on any atom is 0.323 e. The van der Waals surface area contributed by atoms with Crippen LogP contribution in [0.5, 0.6) is 0 Å². The van der Waals surface area contributed by atoms with Gasteiger partial charge in [0.2, 0.25) is 0 Å². The Bertz CT molecular complexity index is 1310. The van der Waals surface area contributed by atoms with Gasteiger partial charge in [-0.05, 0) is 61.1 Å². The van der Waals surface area contributed by atoms with Crippen LogP contribution in [0.1, 0.15) is 51.8 Å². The van der Waals surface area contributed by atoms with Gasteiger partial charge in [0.1, 0.15) is 17.5 Å². The molecule has 0 aliphatic heterocycles. The number of aromatic amines is 1. The van der Waals surface area contributed by atoms with E-state index < -0.39 is 17.7 Å². The molecule has 0 fully saturated rings. The zero-order valence-electron chi connectivity index (χ0n) is 22.0. The molecule has 2 N–H and O–H groups in total. The van der Waals surface area contributed by atoms with Gasteiger partial charge in [0.25, 0.3) is 0 Å². The zero-order valence-corrected chi connectivity index (χ0v) is 22.0. The predicted molar refractivity (Wildman–Crippen MR) is 145 cm³/mol. The lowest BCUT2D eigenvalue weighted by Crippen LogP contribution is -2.46. The van der Waals surface area contributed by atoms with Crippen molar-refractivity contribution in [2.45, 2.75) is 52.3 Å². The number of rotatable bonds is 8. The number of carbonyl (C=O) groups excluding carboxylic acids is 1. The standard InChI is InChI=1S/C31H34FN3O2/c1-20(2)28(30(36)37-31(3,4)5)35-29(25-18-33-34-19-25)24-15-16-27(32)26(17-24)23-13-11-22(12-14-23)21-9-7-6-8-10-21/h6-20,28-29,35H,1-5H3,(H,33,34). The van der Waals surface area contributed by atoms with Gasteiger partial charge in [0.05, 0.1) is 12.2 Å². The average Bonchev–Trinajstić information content (AvgIpc) is 3.39. The maximum absolute atomic E-state index is 15.1. The number of carbonyl (C=O) groups is 1. The number of ether oxygens (including phenoxy) is 1. The van der Waals surface area contributed by atoms with E-state index in [-0.39, 0.29) is 17.7 Å². The first-order valence-electron chi connectivity index (χ1n) is 12.6. The molecule has 0 amide bonds. The monoisotopic (exact) mass is 499 g/mol. The van der Waals surface area contributed by atoms with E-state index in [4.69, 9.17) is 4.74 Å². The molecule has 0 aliphatic carbocycles. The molecule has 2 atom stereocenters. The Labute approximate surface area is 218 Å². The van der Waals surface area contributed by atoms with Crippen LogP contribution >= 0.6 is 0 Å². The molecule has 3 aromatic carbocycles. The van der Waals surface area contributed by atoms with Crippen molar-refractivity contribution in [2.75, 3.05) is 0 Å². The molecule has 4 aromatic rings. The van der Waals surface area contributed by atoms with Gasteiger partial charge >= 0.3 is 5.97 Å². The van der Waals surface area contributed by atoms with Crippen molar-refractivity contribution in [1.29, 1.82) is 0 Å². The summed E-state index contributed by atoms with van der Waals surface area (Å²) in [5, 5.41) is 10.4. The van der Waals surface area contributed by atoms with E-state index in [1.54, 1.807) is 18.5 Å². The van der Waals surface area contributed by atoms with Crippen molar-refractivity contribution in [3.8, 4) is 22.3 Å². The number of benzene rings is 3. The van der Waals surface area contributed by atoms with Gasteiger partial charge < -0.3 is 4.74 Å². The molecule has 0 aliphatic rings. The second-order valence-corrected chi connectivity index (χ2v) is 10.6. The van der Waals surface area contributed by atoms with Gasteiger partial charge in [-0.2, -0.15) is 5.10 Å². The molecule has 0 spiro atoms. The number of nitrogens with zero attached hydrogens (tertiary/aromatic N) is 1. The van der Waals surface area contributed by atoms with Crippen molar-refractivity contribution in [3.63, 3.8) is 0 Å². The Balaban J connectivity index is 1.68. The fraction of sp³-hybridized carbons (Fsp3) is 0.290. The highest BCUT2D eigenvalue weighted by molar-refractivity contribution is 5.77. The van der Waals surface area contributed by atoms with Gasteiger partial charge in [0, 0.05) is 17.3 Å². The fourth-order valence-electron chi connectivity index (χ4n) is 4.30. The lowest BCUT2D eigenvalue weighted by molar-refractivity contribution is -0.158. The van der Waals surface area contributed by atoms with E-state index in [1.807, 2.05) is 95.3 Å². The van der Waals surface area contributed by atoms with Crippen LogP contribution in [0.15, 0.2) is 85.2 Å². The lowest BCUT2D eigenvalue weighted by atomic mass is 9.93. The quantitative estimate of drug-likeness (QED) is 0.258. The van der Waals surface area contributed by atoms with E-state index >= 15 is 4.39 Å². The van der Waals surface area contributed by atoms with Crippen LogP contribution in [0.4, 0.5) is 4.39 Å². The zero-order chi connectivity index (χ0) is 26.6. The number of nitrogens with one attached hydrogen (secondary N) is 2. The van der Waals surface area contributed by atoms with Crippen molar-refractivity contribution in [2.24, 2.45) is 5.92 Å². The van der Waals surface area contributed by atoms with Gasteiger partial charge in [-0.1, -0.05) is 74.5 Å². The predicted octanol–water partition coefficient (Wildman–Crippen LogP) is 6.93. The average molecular weight is 500 g/mol. The van der Waals surface area contributed by atoms with Gasteiger partial charge in [0.15, 0.2) is 0 Å². The molecular formula is C31H34FN3O2. The van der Waals surface area contributed by atoms with Crippen LogP contribution in [-0.4, -0.2) is 27.8 Å². The number of hydrogen-bond donors (Lipinski definition) is 2. The summed E-state index contributed by atoms with van der Waals surface area (Å²) in [6.45, 7) is 9.50. The van der Waals surface area contributed by atoms with E-state index in [0.29, 0.717) is 5.56 Å². The van der Waals surface area contributed by atoms with Crippen LogP contribution in [0.2, 0.25) is 0 Å². The summed E-state index contributed by atoms with van der Waals surface area (Å²) in [5.41, 5.74) is 4.49. The number of halogens is 1. The Kier molecular flexibility index (Phi) is 7.89. The van der Waals surface area contributed by atoms with Gasteiger partial charge in [-0.15, -0.1) is 0 Å². The summed E-state index contributed by atoms with van der Waals surface area (Å²) in [5.74, 6) is -0.667. The van der Waals surface area contributed by atoms with Crippen molar-refractivity contribution in [3.05, 3.63) is 102 Å². The summed E-state index contributed by atoms with van der Waals surface area (Å²) in [7, 11) is 0. The van der Waals surface area contributed by atoms with Gasteiger partial charge in [-0.3, -0.25) is 15.2 Å². The summed E-state index contributed by atoms with van der Waals surface area (Å²) in [6, 6.07) is 22.0. The number of esters is 1. The minimum Gasteiger partial charge on any atom is -0.459 e. The Morgan fingerprint density at radius 2 is 1.57 bits per heavy atom. The van der Waals surface area contributed by atoms with E-state index in [9.17, 15) is 4.79 Å². The number of hydrogen-bond acceptors (Lipinski definition) is 4. The molecule has 192 valence electrons. The molecular weight excluding hydrogens is 465 g/mol. The molecule has 1 heterocycles. The summed E-state index contributed by atoms with van der Waals surface area (Å²) in [6.07, 6.45) is 3.49. The largest absolute Gasteiger partial charge is 0.459 e. The molecule has 5 nitrogen and oxygen atoms in total. The topological polar surface area (TPSA) is 67.0 Å². The Morgan fingerprint density at radius 3 is 2.16 bits per heavy atom. The minimum atomic E-state index is -0.605. The summed E-state index contributed by atoms with van der Waals surface area (Å²) in [4.78, 5) is 13.1. The highest BCUT2D eigenvalue weighted by Gasteiger charge is 2.31. The van der Waals surface area contributed by atoms with E-state index in [1.165, 1.54) is 6.07 Å². The first-order chi connectivity index (χ1) is 17.6. The van der Waals surface area contributed by atoms with E-state index in [2.05, 4.69) is 15.5 Å². The molecule has 0 saturated heterocycles. The molecule has 0 radical (unpaired) electrons. The smallest absolute Gasteiger partial charge is 0.323 e. The van der Waals surface area contributed by atoms with Crippen LogP contribution in [0.25, 0.3) is 22.3 Å². The lowest BCUT2D eigenvalue weighted by Gasteiger charge is -2.30. The van der Waals surface area contributed by atoms with Crippen LogP contribution in [0.3, 0.4) is 0 Å². The van der Waals surface area contributed by atoms with Gasteiger partial charge in [-0.25, -0.2) is 4.39 Å². The fourth-order valence-corrected chi connectivity index (χ4v) is 4.30. The molecule has 0 saturated carbocycles. The van der Waals surface area contributed by atoms with Crippen LogP contribution in [-0.2, 0) is 9.53 Å². The van der Waals surface area contributed by atoms with Crippen molar-refractivity contribution < 1.29 is 13.9 Å². The molecule has 37 heavy (non-hydrogen) atoms. The first-order valence-corrected chi connectivity index (χ1v) is 12.6. The number of H-pyrrole nitrogens is 1. The normalized spacial score (nSPS) is 13.4. The molecule has 0 bridgehead atoms. The molecule has 4 rings (SSSR count). The molecule has 6 heteroatoms. The molecule has 2 unspecified atom stereocenters. The SMILES string of the molecule is CC(C)C(NC(c1cn[nH]c1)c1ccc(F)c(-c2ccc(-c3ccccc3)cc2)c1)C(=O)OC(C)(C)C. The molecule has 1 aromatic heterocycles. The number of aromatic nitrogens is 2. The Morgan fingerprint density at radius 1 is 0.919 bits per heavy atom. The van der Waals surface area contributed by atoms with Crippen molar-refractivity contribution in [1.82, 2.24) is 15.5 Å². The van der Waals surface area contributed by atoms with E-state index in [0.717, 1.165) is 27.8 Å². The van der Waals surface area contributed by atoms with Crippen LogP contribution < -0.4 is 5.32 Å². The highest BCUT2D eigenvalue weighted by Crippen LogP contribution is 2.31. The highest BCUT2D eigenvalue weighted by atomic mass is 19.1. The van der Waals surface area contributed by atoms with Crippen molar-refractivity contribution >= 4 is 5.97 Å². The summed E-state index contributed by atoms with van der Waals surface area (Å²) >= 11 is 0. The summed E-state index contributed by atoms with van der Waals surface area (Å²) < 4.78 is 20.8. The third-order valence-corrected chi connectivity index (χ3v) is 6.15.